The average Bonchev–Trinajstić information content (AvgIpc) is 2.75. The molecule has 2 aromatic rings. The lowest BCUT2D eigenvalue weighted by atomic mass is 10.0. The Kier molecular flexibility index (Phi) is 8.69. The van der Waals surface area contributed by atoms with E-state index in [1.807, 2.05) is 0 Å². The Morgan fingerprint density at radius 3 is 2.24 bits per heavy atom. The van der Waals surface area contributed by atoms with E-state index in [0.29, 0.717) is 16.9 Å². The van der Waals surface area contributed by atoms with Crippen molar-refractivity contribution in [3.05, 3.63) is 58.7 Å². The van der Waals surface area contributed by atoms with Gasteiger partial charge in [-0.1, -0.05) is 12.1 Å². The molecule has 0 aromatic heterocycles. The number of benzene rings is 2. The Labute approximate surface area is 189 Å². The van der Waals surface area contributed by atoms with E-state index in [1.54, 1.807) is 32.0 Å². The summed E-state index contributed by atoms with van der Waals surface area (Å²) >= 11 is 0. The standard InChI is InChI=1S/C23H26F3NO6/c1-13(2)33-20(22(29)30)10-14-5-8-18(31-3)15(9-14)12-27-21(28)17-7-6-16(23(24,25)26)11-19(17)32-4/h5-9,11,13,20H,10,12H2,1-4H3,(H,27,28)(H,29,30). The third kappa shape index (κ3) is 7.11. The van der Waals surface area contributed by atoms with Crippen molar-refractivity contribution in [1.29, 1.82) is 0 Å². The summed E-state index contributed by atoms with van der Waals surface area (Å²) in [4.78, 5) is 24.1. The number of hydrogen-bond acceptors (Lipinski definition) is 5. The van der Waals surface area contributed by atoms with Crippen molar-refractivity contribution in [3.8, 4) is 11.5 Å². The van der Waals surface area contributed by atoms with Crippen LogP contribution in [0.3, 0.4) is 0 Å². The molecule has 2 N–H and O–H groups in total. The molecule has 1 atom stereocenters. The molecule has 2 aromatic carbocycles. The summed E-state index contributed by atoms with van der Waals surface area (Å²) < 4.78 is 54.5. The molecule has 0 aliphatic carbocycles. The Morgan fingerprint density at radius 2 is 1.70 bits per heavy atom. The fourth-order valence-corrected chi connectivity index (χ4v) is 3.16. The van der Waals surface area contributed by atoms with Crippen molar-refractivity contribution in [2.45, 2.75) is 45.2 Å². The third-order valence-corrected chi connectivity index (χ3v) is 4.69. The van der Waals surface area contributed by atoms with Gasteiger partial charge in [-0.05, 0) is 43.7 Å². The fraction of sp³-hybridized carbons (Fsp3) is 0.391. The molecular formula is C23H26F3NO6. The van der Waals surface area contributed by atoms with Gasteiger partial charge >= 0.3 is 12.1 Å². The Bertz CT molecular complexity index is 991. The zero-order valence-corrected chi connectivity index (χ0v) is 18.7. The lowest BCUT2D eigenvalue weighted by Crippen LogP contribution is -2.29. The molecule has 0 saturated heterocycles. The lowest BCUT2D eigenvalue weighted by Gasteiger charge is -2.18. The number of carbonyl (C=O) groups is 2. The summed E-state index contributed by atoms with van der Waals surface area (Å²) in [5.74, 6) is -1.49. The quantitative estimate of drug-likeness (QED) is 0.545. The number of carboxylic acid groups (broad SMARTS) is 1. The lowest BCUT2D eigenvalue weighted by molar-refractivity contribution is -0.153. The number of aliphatic carboxylic acids is 1. The van der Waals surface area contributed by atoms with Gasteiger partial charge in [0.1, 0.15) is 11.5 Å². The van der Waals surface area contributed by atoms with E-state index < -0.39 is 29.7 Å². The molecule has 180 valence electrons. The van der Waals surface area contributed by atoms with Gasteiger partial charge in [0.05, 0.1) is 31.5 Å². The normalized spacial score (nSPS) is 12.4. The average molecular weight is 469 g/mol. The number of methoxy groups -OCH3 is 2. The number of carbonyl (C=O) groups excluding carboxylic acids is 1. The van der Waals surface area contributed by atoms with Crippen molar-refractivity contribution in [1.82, 2.24) is 5.32 Å². The van der Waals surface area contributed by atoms with Crippen LogP contribution in [0.5, 0.6) is 11.5 Å². The Hall–Kier alpha value is -3.27. The molecule has 1 unspecified atom stereocenters. The zero-order chi connectivity index (χ0) is 24.8. The summed E-state index contributed by atoms with van der Waals surface area (Å²) in [7, 11) is 2.62. The smallest absolute Gasteiger partial charge is 0.416 e. The van der Waals surface area contributed by atoms with Crippen molar-refractivity contribution < 1.29 is 42.1 Å². The zero-order valence-electron chi connectivity index (χ0n) is 18.7. The summed E-state index contributed by atoms with van der Waals surface area (Å²) in [6.45, 7) is 3.46. The van der Waals surface area contributed by atoms with Crippen LogP contribution in [0.15, 0.2) is 36.4 Å². The van der Waals surface area contributed by atoms with Gasteiger partial charge in [0, 0.05) is 18.5 Å². The van der Waals surface area contributed by atoms with Crippen LogP contribution in [0.1, 0.15) is 40.9 Å². The van der Waals surface area contributed by atoms with Crippen LogP contribution in [0, 0.1) is 0 Å². The van der Waals surface area contributed by atoms with E-state index in [-0.39, 0.29) is 30.4 Å². The fourth-order valence-electron chi connectivity index (χ4n) is 3.16. The Morgan fingerprint density at radius 1 is 1.03 bits per heavy atom. The molecular weight excluding hydrogens is 443 g/mol. The van der Waals surface area contributed by atoms with Crippen molar-refractivity contribution >= 4 is 11.9 Å². The molecule has 0 aliphatic heterocycles. The Balaban J connectivity index is 2.21. The van der Waals surface area contributed by atoms with E-state index in [9.17, 15) is 27.9 Å². The van der Waals surface area contributed by atoms with Crippen molar-refractivity contribution in [3.63, 3.8) is 0 Å². The first-order chi connectivity index (χ1) is 15.5. The predicted molar refractivity (Wildman–Crippen MR) is 114 cm³/mol. The van der Waals surface area contributed by atoms with Crippen LogP contribution in [-0.2, 0) is 28.7 Å². The van der Waals surface area contributed by atoms with Crippen LogP contribution in [0.2, 0.25) is 0 Å². The number of carboxylic acids is 1. The molecule has 10 heteroatoms. The van der Waals surface area contributed by atoms with Crippen LogP contribution in [0.4, 0.5) is 13.2 Å². The second-order valence-corrected chi connectivity index (χ2v) is 7.46. The number of amides is 1. The van der Waals surface area contributed by atoms with Crippen LogP contribution in [-0.4, -0.2) is 43.4 Å². The van der Waals surface area contributed by atoms with Gasteiger partial charge in [0.15, 0.2) is 6.10 Å². The monoisotopic (exact) mass is 469 g/mol. The first kappa shape index (κ1) is 26.0. The molecule has 33 heavy (non-hydrogen) atoms. The van der Waals surface area contributed by atoms with Gasteiger partial charge in [0.25, 0.3) is 5.91 Å². The molecule has 0 fully saturated rings. The summed E-state index contributed by atoms with van der Waals surface area (Å²) in [5, 5.41) is 12.0. The van der Waals surface area contributed by atoms with Gasteiger partial charge < -0.3 is 24.6 Å². The molecule has 0 aliphatic rings. The maximum atomic E-state index is 12.9. The summed E-state index contributed by atoms with van der Waals surface area (Å²) in [6, 6.07) is 7.64. The topological polar surface area (TPSA) is 94.1 Å². The highest BCUT2D eigenvalue weighted by Crippen LogP contribution is 2.33. The molecule has 0 heterocycles. The van der Waals surface area contributed by atoms with Crippen LogP contribution >= 0.6 is 0 Å². The van der Waals surface area contributed by atoms with Crippen LogP contribution < -0.4 is 14.8 Å². The second kappa shape index (κ2) is 11.0. The van der Waals surface area contributed by atoms with Gasteiger partial charge in [-0.25, -0.2) is 4.79 Å². The number of alkyl halides is 3. The third-order valence-electron chi connectivity index (χ3n) is 4.69. The minimum atomic E-state index is -4.57. The highest BCUT2D eigenvalue weighted by atomic mass is 19.4. The number of hydrogen-bond donors (Lipinski definition) is 2. The van der Waals surface area contributed by atoms with Crippen LogP contribution in [0.25, 0.3) is 0 Å². The molecule has 2 rings (SSSR count). The highest BCUT2D eigenvalue weighted by Gasteiger charge is 2.32. The van der Waals surface area contributed by atoms with E-state index in [2.05, 4.69) is 5.32 Å². The van der Waals surface area contributed by atoms with Gasteiger partial charge in [-0.3, -0.25) is 4.79 Å². The predicted octanol–water partition coefficient (Wildman–Crippen LogP) is 4.07. The number of nitrogens with one attached hydrogen (secondary N) is 1. The maximum Gasteiger partial charge on any atom is 0.416 e. The first-order valence-electron chi connectivity index (χ1n) is 10.0. The molecule has 1 amide bonds. The largest absolute Gasteiger partial charge is 0.496 e. The minimum absolute atomic E-state index is 0.0111. The van der Waals surface area contributed by atoms with Gasteiger partial charge in [0.2, 0.25) is 0 Å². The summed E-state index contributed by atoms with van der Waals surface area (Å²) in [5.41, 5.74) is 0.224. The second-order valence-electron chi connectivity index (χ2n) is 7.46. The van der Waals surface area contributed by atoms with E-state index in [4.69, 9.17) is 14.2 Å². The highest BCUT2D eigenvalue weighted by molar-refractivity contribution is 5.97. The SMILES string of the molecule is COc1ccc(CC(OC(C)C)C(=O)O)cc1CNC(=O)c1ccc(C(F)(F)F)cc1OC. The molecule has 0 saturated carbocycles. The minimum Gasteiger partial charge on any atom is -0.496 e. The van der Waals surface area contributed by atoms with Gasteiger partial charge in [-0.15, -0.1) is 0 Å². The number of halogens is 3. The molecule has 7 nitrogen and oxygen atoms in total. The molecule has 0 radical (unpaired) electrons. The maximum absolute atomic E-state index is 12.9. The number of ether oxygens (including phenoxy) is 3. The molecule has 0 bridgehead atoms. The van der Waals surface area contributed by atoms with Gasteiger partial charge in [-0.2, -0.15) is 13.2 Å². The van der Waals surface area contributed by atoms with Crippen molar-refractivity contribution in [2.75, 3.05) is 14.2 Å². The first-order valence-corrected chi connectivity index (χ1v) is 10.0. The van der Waals surface area contributed by atoms with E-state index >= 15 is 0 Å². The van der Waals surface area contributed by atoms with E-state index in [1.165, 1.54) is 14.2 Å². The molecule has 0 spiro atoms. The summed E-state index contributed by atoms with van der Waals surface area (Å²) in [6.07, 6.45) is -5.78. The van der Waals surface area contributed by atoms with Crippen molar-refractivity contribution in [2.24, 2.45) is 0 Å². The van der Waals surface area contributed by atoms with E-state index in [0.717, 1.165) is 18.2 Å². The number of rotatable bonds is 10.